The lowest BCUT2D eigenvalue weighted by atomic mass is 10.1. The highest BCUT2D eigenvalue weighted by molar-refractivity contribution is 5.30. The van der Waals surface area contributed by atoms with Crippen molar-refractivity contribution >= 4 is 0 Å². The monoisotopic (exact) mass is 232 g/mol. The fourth-order valence-electron chi connectivity index (χ4n) is 2.45. The molecule has 0 atom stereocenters. The smallest absolute Gasteiger partial charge is 0.0240 e. The average molecular weight is 232 g/mol. The second kappa shape index (κ2) is 6.77. The minimum absolute atomic E-state index is 1.15. The Morgan fingerprint density at radius 3 is 2.41 bits per heavy atom. The van der Waals surface area contributed by atoms with Crippen molar-refractivity contribution in [2.24, 2.45) is 0 Å². The molecule has 1 aliphatic heterocycles. The lowest BCUT2D eigenvalue weighted by Crippen LogP contribution is -2.20. The summed E-state index contributed by atoms with van der Waals surface area (Å²) >= 11 is 0. The largest absolute Gasteiger partial charge is 0.317 e. The van der Waals surface area contributed by atoms with E-state index in [-0.39, 0.29) is 0 Å². The molecule has 1 aromatic carbocycles. The number of nitrogens with one attached hydrogen (secondary N) is 1. The normalized spacial score (nSPS) is 15.1. The maximum atomic E-state index is 3.46. The van der Waals surface area contributed by atoms with Crippen molar-refractivity contribution < 1.29 is 0 Å². The van der Waals surface area contributed by atoms with Crippen LogP contribution in [0.25, 0.3) is 0 Å². The van der Waals surface area contributed by atoms with Gasteiger partial charge in [0.25, 0.3) is 0 Å². The standard InChI is InChI=1S/C15H24N2/c1-2-9-16-10-5-6-11-17-12-14-7-3-4-8-15(14)13-17/h3-4,7-8,16H,2,5-6,9-13H2,1H3. The third-order valence-electron chi connectivity index (χ3n) is 3.41. The second-order valence-corrected chi connectivity index (χ2v) is 4.94. The molecule has 17 heavy (non-hydrogen) atoms. The van der Waals surface area contributed by atoms with E-state index in [1.807, 2.05) is 0 Å². The molecule has 0 radical (unpaired) electrons. The Bertz CT molecular complexity index is 310. The van der Waals surface area contributed by atoms with Gasteiger partial charge in [0.1, 0.15) is 0 Å². The molecule has 2 heteroatoms. The first-order valence-corrected chi connectivity index (χ1v) is 6.90. The Morgan fingerprint density at radius 1 is 1.06 bits per heavy atom. The van der Waals surface area contributed by atoms with E-state index < -0.39 is 0 Å². The van der Waals surface area contributed by atoms with Gasteiger partial charge in [0.15, 0.2) is 0 Å². The molecule has 0 aliphatic carbocycles. The highest BCUT2D eigenvalue weighted by Crippen LogP contribution is 2.22. The van der Waals surface area contributed by atoms with Crippen LogP contribution in [0.4, 0.5) is 0 Å². The van der Waals surface area contributed by atoms with Crippen molar-refractivity contribution in [3.8, 4) is 0 Å². The molecule has 1 heterocycles. The number of hydrogen-bond acceptors (Lipinski definition) is 2. The fourth-order valence-corrected chi connectivity index (χ4v) is 2.45. The van der Waals surface area contributed by atoms with Crippen molar-refractivity contribution in [2.45, 2.75) is 39.3 Å². The van der Waals surface area contributed by atoms with Gasteiger partial charge in [-0.15, -0.1) is 0 Å². The van der Waals surface area contributed by atoms with Crippen molar-refractivity contribution in [2.75, 3.05) is 19.6 Å². The number of fused-ring (bicyclic) bond motifs is 1. The average Bonchev–Trinajstić information content (AvgIpc) is 2.76. The van der Waals surface area contributed by atoms with Crippen LogP contribution in [-0.4, -0.2) is 24.5 Å². The maximum absolute atomic E-state index is 3.46. The van der Waals surface area contributed by atoms with Crippen LogP contribution in [0, 0.1) is 0 Å². The van der Waals surface area contributed by atoms with Crippen LogP contribution in [0.1, 0.15) is 37.3 Å². The van der Waals surface area contributed by atoms with Gasteiger partial charge in [-0.25, -0.2) is 0 Å². The molecule has 0 amide bonds. The SMILES string of the molecule is CCCNCCCCN1Cc2ccccc2C1. The predicted molar refractivity (Wildman–Crippen MR) is 73.0 cm³/mol. The van der Waals surface area contributed by atoms with Crippen LogP contribution < -0.4 is 5.32 Å². The first kappa shape index (κ1) is 12.6. The van der Waals surface area contributed by atoms with Gasteiger partial charge in [0.2, 0.25) is 0 Å². The van der Waals surface area contributed by atoms with Crippen molar-refractivity contribution in [3.05, 3.63) is 35.4 Å². The van der Waals surface area contributed by atoms with Gasteiger partial charge in [-0.3, -0.25) is 4.90 Å². The first-order chi connectivity index (χ1) is 8.40. The third-order valence-corrected chi connectivity index (χ3v) is 3.41. The fraction of sp³-hybridized carbons (Fsp3) is 0.600. The van der Waals surface area contributed by atoms with Crippen LogP contribution >= 0.6 is 0 Å². The molecule has 0 spiro atoms. The van der Waals surface area contributed by atoms with Crippen LogP contribution in [0.15, 0.2) is 24.3 Å². The third kappa shape index (κ3) is 3.83. The molecule has 0 aromatic heterocycles. The van der Waals surface area contributed by atoms with E-state index in [9.17, 15) is 0 Å². The van der Waals surface area contributed by atoms with E-state index in [0.29, 0.717) is 0 Å². The van der Waals surface area contributed by atoms with Gasteiger partial charge in [-0.1, -0.05) is 31.2 Å². The lowest BCUT2D eigenvalue weighted by Gasteiger charge is -2.14. The molecular weight excluding hydrogens is 208 g/mol. The van der Waals surface area contributed by atoms with E-state index in [4.69, 9.17) is 0 Å². The molecule has 2 rings (SSSR count). The Morgan fingerprint density at radius 2 is 1.76 bits per heavy atom. The van der Waals surface area contributed by atoms with E-state index in [1.54, 1.807) is 0 Å². The van der Waals surface area contributed by atoms with Gasteiger partial charge < -0.3 is 5.32 Å². The molecule has 0 saturated heterocycles. The zero-order valence-corrected chi connectivity index (χ0v) is 10.9. The van der Waals surface area contributed by atoms with E-state index in [0.717, 1.165) is 19.6 Å². The van der Waals surface area contributed by atoms with Crippen molar-refractivity contribution in [1.29, 1.82) is 0 Å². The molecule has 1 aliphatic rings. The Kier molecular flexibility index (Phi) is 5.02. The first-order valence-electron chi connectivity index (χ1n) is 6.90. The predicted octanol–water partition coefficient (Wildman–Crippen LogP) is 2.78. The van der Waals surface area contributed by atoms with Crippen molar-refractivity contribution in [1.82, 2.24) is 10.2 Å². The summed E-state index contributed by atoms with van der Waals surface area (Å²) in [5, 5.41) is 3.46. The van der Waals surface area contributed by atoms with Crippen LogP contribution in [-0.2, 0) is 13.1 Å². The summed E-state index contributed by atoms with van der Waals surface area (Å²) in [4.78, 5) is 2.56. The van der Waals surface area contributed by atoms with Crippen molar-refractivity contribution in [3.63, 3.8) is 0 Å². The van der Waals surface area contributed by atoms with Gasteiger partial charge in [-0.05, 0) is 50.0 Å². The highest BCUT2D eigenvalue weighted by atomic mass is 15.1. The van der Waals surface area contributed by atoms with E-state index >= 15 is 0 Å². The van der Waals surface area contributed by atoms with Crippen LogP contribution in [0.2, 0.25) is 0 Å². The minimum Gasteiger partial charge on any atom is -0.317 e. The minimum atomic E-state index is 1.15. The summed E-state index contributed by atoms with van der Waals surface area (Å²) in [6.45, 7) is 8.10. The van der Waals surface area contributed by atoms with Crippen LogP contribution in [0.3, 0.4) is 0 Å². The molecule has 1 aromatic rings. The molecule has 0 saturated carbocycles. The molecule has 94 valence electrons. The number of nitrogens with zero attached hydrogens (tertiary/aromatic N) is 1. The molecule has 2 nitrogen and oxygen atoms in total. The number of hydrogen-bond donors (Lipinski definition) is 1. The molecule has 1 N–H and O–H groups in total. The zero-order chi connectivity index (χ0) is 11.9. The summed E-state index contributed by atoms with van der Waals surface area (Å²) < 4.78 is 0. The molecule has 0 bridgehead atoms. The maximum Gasteiger partial charge on any atom is 0.0240 e. The summed E-state index contributed by atoms with van der Waals surface area (Å²) in [6.07, 6.45) is 3.85. The summed E-state index contributed by atoms with van der Waals surface area (Å²) in [7, 11) is 0. The van der Waals surface area contributed by atoms with Gasteiger partial charge in [-0.2, -0.15) is 0 Å². The molecule has 0 fully saturated rings. The second-order valence-electron chi connectivity index (χ2n) is 4.94. The Labute approximate surface area is 105 Å². The highest BCUT2D eigenvalue weighted by Gasteiger charge is 2.16. The van der Waals surface area contributed by atoms with E-state index in [2.05, 4.69) is 41.4 Å². The van der Waals surface area contributed by atoms with Gasteiger partial charge >= 0.3 is 0 Å². The zero-order valence-electron chi connectivity index (χ0n) is 10.9. The number of benzene rings is 1. The van der Waals surface area contributed by atoms with Gasteiger partial charge in [0.05, 0.1) is 0 Å². The topological polar surface area (TPSA) is 15.3 Å². The quantitative estimate of drug-likeness (QED) is 0.727. The molecular formula is C15H24N2. The Balaban J connectivity index is 1.60. The molecule has 0 unspecified atom stereocenters. The van der Waals surface area contributed by atoms with Crippen LogP contribution in [0.5, 0.6) is 0 Å². The Hall–Kier alpha value is -0.860. The number of unbranched alkanes of at least 4 members (excludes halogenated alkanes) is 1. The lowest BCUT2D eigenvalue weighted by molar-refractivity contribution is 0.277. The van der Waals surface area contributed by atoms with E-state index in [1.165, 1.54) is 43.5 Å². The summed E-state index contributed by atoms with van der Waals surface area (Å²) in [6, 6.07) is 8.82. The summed E-state index contributed by atoms with van der Waals surface area (Å²) in [5.74, 6) is 0. The number of rotatable bonds is 7. The van der Waals surface area contributed by atoms with Gasteiger partial charge in [0, 0.05) is 13.1 Å². The summed E-state index contributed by atoms with van der Waals surface area (Å²) in [5.41, 5.74) is 3.05.